The molecular weight excluding hydrogens is 302 g/mol. The number of hydrogen-bond acceptors (Lipinski definition) is 4. The van der Waals surface area contributed by atoms with Gasteiger partial charge in [-0.15, -0.1) is 0 Å². The Morgan fingerprint density at radius 2 is 1.79 bits per heavy atom. The Kier molecular flexibility index (Phi) is 7.06. The van der Waals surface area contributed by atoms with Gasteiger partial charge in [-0.25, -0.2) is 0 Å². The zero-order valence-electron chi connectivity index (χ0n) is 15.4. The summed E-state index contributed by atoms with van der Waals surface area (Å²) < 4.78 is 5.14. The Morgan fingerprint density at radius 1 is 1.17 bits per heavy atom. The minimum atomic E-state index is 0.0833. The van der Waals surface area contributed by atoms with E-state index >= 15 is 0 Å². The van der Waals surface area contributed by atoms with Gasteiger partial charge in [-0.05, 0) is 30.7 Å². The van der Waals surface area contributed by atoms with E-state index in [9.17, 15) is 4.79 Å². The van der Waals surface area contributed by atoms with Crippen LogP contribution in [0, 0.1) is 5.92 Å². The first-order valence-electron chi connectivity index (χ1n) is 8.82. The van der Waals surface area contributed by atoms with Crippen molar-refractivity contribution in [3.63, 3.8) is 0 Å². The molecule has 134 valence electrons. The molecule has 0 spiro atoms. The number of carbonyl (C=O) groups is 1. The van der Waals surface area contributed by atoms with Crippen molar-refractivity contribution in [2.24, 2.45) is 5.92 Å². The number of methoxy groups -OCH3 is 1. The lowest BCUT2D eigenvalue weighted by atomic mass is 10.0. The first kappa shape index (κ1) is 18.7. The highest BCUT2D eigenvalue weighted by atomic mass is 16.5. The molecular formula is C19H31N3O2. The number of carbonyl (C=O) groups excluding carboxylic acids is 1. The first-order valence-corrected chi connectivity index (χ1v) is 8.82. The highest BCUT2D eigenvalue weighted by Crippen LogP contribution is 2.14. The van der Waals surface area contributed by atoms with Crippen LogP contribution in [0.3, 0.4) is 0 Å². The van der Waals surface area contributed by atoms with Crippen molar-refractivity contribution in [2.75, 3.05) is 46.9 Å². The summed E-state index contributed by atoms with van der Waals surface area (Å²) in [5.74, 6) is 1.42. The summed E-state index contributed by atoms with van der Waals surface area (Å²) in [5.41, 5.74) is 1.01. The molecule has 0 radical (unpaired) electrons. The number of rotatable bonds is 7. The number of ether oxygens (including phenoxy) is 1. The fourth-order valence-corrected chi connectivity index (χ4v) is 3.15. The first-order chi connectivity index (χ1) is 11.5. The van der Waals surface area contributed by atoms with Gasteiger partial charge in [-0.2, -0.15) is 0 Å². The molecule has 2 rings (SSSR count). The third kappa shape index (κ3) is 5.49. The predicted octanol–water partition coefficient (Wildman–Crippen LogP) is 1.63. The normalized spacial score (nSPS) is 17.7. The monoisotopic (exact) mass is 333 g/mol. The smallest absolute Gasteiger partial charge is 0.224 e. The second kappa shape index (κ2) is 9.04. The van der Waals surface area contributed by atoms with Crippen LogP contribution in [0.1, 0.15) is 19.4 Å². The molecule has 5 nitrogen and oxygen atoms in total. The zero-order chi connectivity index (χ0) is 17.5. The van der Waals surface area contributed by atoms with E-state index in [-0.39, 0.29) is 5.91 Å². The molecule has 0 saturated carbocycles. The van der Waals surface area contributed by atoms with Crippen LogP contribution in [-0.4, -0.2) is 68.6 Å². The lowest BCUT2D eigenvalue weighted by molar-refractivity contribution is -0.120. The van der Waals surface area contributed by atoms with Crippen molar-refractivity contribution in [2.45, 2.75) is 26.3 Å². The maximum Gasteiger partial charge on any atom is 0.224 e. The molecule has 1 aliphatic rings. The van der Waals surface area contributed by atoms with Gasteiger partial charge in [0.25, 0.3) is 0 Å². The second-order valence-corrected chi connectivity index (χ2v) is 6.98. The largest absolute Gasteiger partial charge is 0.497 e. The van der Waals surface area contributed by atoms with Crippen molar-refractivity contribution < 1.29 is 9.53 Å². The summed E-state index contributed by atoms with van der Waals surface area (Å²) in [6, 6.07) is 8.07. The number of hydrogen-bond donors (Lipinski definition) is 1. The summed E-state index contributed by atoms with van der Waals surface area (Å²) in [6.07, 6.45) is 0.414. The fourth-order valence-electron chi connectivity index (χ4n) is 3.15. The van der Waals surface area contributed by atoms with Crippen molar-refractivity contribution in [3.05, 3.63) is 29.8 Å². The molecule has 1 N–H and O–H groups in total. The Hall–Kier alpha value is -1.59. The van der Waals surface area contributed by atoms with Gasteiger partial charge in [-0.1, -0.05) is 26.0 Å². The Balaban J connectivity index is 1.83. The molecule has 0 aliphatic carbocycles. The van der Waals surface area contributed by atoms with Crippen LogP contribution in [0.5, 0.6) is 5.75 Å². The van der Waals surface area contributed by atoms with E-state index in [1.165, 1.54) is 0 Å². The molecule has 1 saturated heterocycles. The summed E-state index contributed by atoms with van der Waals surface area (Å²) in [6.45, 7) is 9.54. The molecule has 1 heterocycles. The van der Waals surface area contributed by atoms with Gasteiger partial charge in [0, 0.05) is 38.8 Å². The van der Waals surface area contributed by atoms with Crippen LogP contribution in [-0.2, 0) is 11.2 Å². The number of benzene rings is 1. The maximum absolute atomic E-state index is 12.3. The number of nitrogens with one attached hydrogen (secondary N) is 1. The van der Waals surface area contributed by atoms with Crippen molar-refractivity contribution in [3.8, 4) is 5.75 Å². The van der Waals surface area contributed by atoms with Crippen LogP contribution < -0.4 is 10.1 Å². The zero-order valence-corrected chi connectivity index (χ0v) is 15.4. The van der Waals surface area contributed by atoms with Crippen LogP contribution in [0.25, 0.3) is 0 Å². The molecule has 24 heavy (non-hydrogen) atoms. The van der Waals surface area contributed by atoms with Crippen LogP contribution in [0.15, 0.2) is 24.3 Å². The molecule has 1 aromatic carbocycles. The summed E-state index contributed by atoms with van der Waals surface area (Å²) >= 11 is 0. The molecule has 1 fully saturated rings. The molecule has 0 aromatic heterocycles. The van der Waals surface area contributed by atoms with Crippen LogP contribution >= 0.6 is 0 Å². The summed E-state index contributed by atoms with van der Waals surface area (Å²) in [5, 5.41) is 3.12. The second-order valence-electron chi connectivity index (χ2n) is 6.98. The molecule has 0 bridgehead atoms. The molecule has 1 amide bonds. The van der Waals surface area contributed by atoms with E-state index in [1.54, 1.807) is 7.11 Å². The third-order valence-electron chi connectivity index (χ3n) is 4.81. The SMILES string of the molecule is COc1ccc(CC(=O)NCC(C(C)C)N2CCN(C)CC2)cc1. The van der Waals surface area contributed by atoms with Gasteiger partial charge >= 0.3 is 0 Å². The van der Waals surface area contributed by atoms with E-state index in [0.29, 0.717) is 18.4 Å². The van der Waals surface area contributed by atoms with Gasteiger partial charge in [0.1, 0.15) is 5.75 Å². The molecule has 1 aromatic rings. The maximum atomic E-state index is 12.3. The van der Waals surface area contributed by atoms with E-state index in [2.05, 4.69) is 36.0 Å². The van der Waals surface area contributed by atoms with Gasteiger partial charge < -0.3 is 15.0 Å². The van der Waals surface area contributed by atoms with E-state index < -0.39 is 0 Å². The lowest BCUT2D eigenvalue weighted by Gasteiger charge is -2.39. The predicted molar refractivity (Wildman–Crippen MR) is 97.4 cm³/mol. The Labute approximate surface area is 146 Å². The number of likely N-dealkylation sites (N-methyl/N-ethyl adjacent to an activating group) is 1. The van der Waals surface area contributed by atoms with Gasteiger partial charge in [-0.3, -0.25) is 9.69 Å². The standard InChI is InChI=1S/C19H31N3O2/c1-15(2)18(22-11-9-21(3)10-12-22)14-20-19(23)13-16-5-7-17(24-4)8-6-16/h5-8,15,18H,9-14H2,1-4H3,(H,20,23). The minimum Gasteiger partial charge on any atom is -0.497 e. The fraction of sp³-hybridized carbons (Fsp3) is 0.632. The van der Waals surface area contributed by atoms with E-state index in [4.69, 9.17) is 4.74 Å². The van der Waals surface area contributed by atoms with Gasteiger partial charge in [0.05, 0.1) is 13.5 Å². The topological polar surface area (TPSA) is 44.8 Å². The van der Waals surface area contributed by atoms with Crippen LogP contribution in [0.4, 0.5) is 0 Å². The minimum absolute atomic E-state index is 0.0833. The molecule has 5 heteroatoms. The summed E-state index contributed by atoms with van der Waals surface area (Å²) in [4.78, 5) is 17.1. The molecule has 1 atom stereocenters. The van der Waals surface area contributed by atoms with E-state index in [1.807, 2.05) is 24.3 Å². The lowest BCUT2D eigenvalue weighted by Crippen LogP contribution is -2.54. The Morgan fingerprint density at radius 3 is 2.33 bits per heavy atom. The quantitative estimate of drug-likeness (QED) is 0.824. The average Bonchev–Trinajstić information content (AvgIpc) is 2.57. The third-order valence-corrected chi connectivity index (χ3v) is 4.81. The van der Waals surface area contributed by atoms with Gasteiger partial charge in [0.15, 0.2) is 0 Å². The average molecular weight is 333 g/mol. The van der Waals surface area contributed by atoms with Crippen molar-refractivity contribution >= 4 is 5.91 Å². The highest BCUT2D eigenvalue weighted by molar-refractivity contribution is 5.78. The van der Waals surface area contributed by atoms with Crippen LogP contribution in [0.2, 0.25) is 0 Å². The Bertz CT molecular complexity index is 508. The van der Waals surface area contributed by atoms with Crippen molar-refractivity contribution in [1.82, 2.24) is 15.1 Å². The molecule has 1 unspecified atom stereocenters. The van der Waals surface area contributed by atoms with Crippen molar-refractivity contribution in [1.29, 1.82) is 0 Å². The molecule has 1 aliphatic heterocycles. The van der Waals surface area contributed by atoms with Gasteiger partial charge in [0.2, 0.25) is 5.91 Å². The number of piperazine rings is 1. The highest BCUT2D eigenvalue weighted by Gasteiger charge is 2.25. The van der Waals surface area contributed by atoms with E-state index in [0.717, 1.165) is 44.0 Å². The number of nitrogens with zero attached hydrogens (tertiary/aromatic N) is 2. The number of amides is 1. The summed E-state index contributed by atoms with van der Waals surface area (Å²) in [7, 11) is 3.81.